The van der Waals surface area contributed by atoms with Gasteiger partial charge in [0.15, 0.2) is 0 Å². The smallest absolute Gasteiger partial charge is 0.238 e. The number of hydrogen-bond donors (Lipinski definition) is 1. The third-order valence-electron chi connectivity index (χ3n) is 4.75. The van der Waals surface area contributed by atoms with Gasteiger partial charge in [-0.3, -0.25) is 9.69 Å². The van der Waals surface area contributed by atoms with E-state index < -0.39 is 11.6 Å². The fourth-order valence-corrected chi connectivity index (χ4v) is 3.46. The van der Waals surface area contributed by atoms with Crippen LogP contribution in [0.1, 0.15) is 24.8 Å². The lowest BCUT2D eigenvalue weighted by Gasteiger charge is -2.31. The standard InChI is InChI=1S/C21H25F2N3O/c1-25(15-21(27)24-19-10-9-17(22)13-18(19)23)14-16-7-3-4-8-20(16)26-11-5-2-6-12-26/h3-4,7-10,13H,2,5-6,11-12,14-15H2,1H3,(H,24,27). The minimum atomic E-state index is -0.776. The minimum Gasteiger partial charge on any atom is -0.371 e. The second kappa shape index (κ2) is 8.95. The summed E-state index contributed by atoms with van der Waals surface area (Å²) in [6.07, 6.45) is 3.68. The van der Waals surface area contributed by atoms with Gasteiger partial charge in [-0.05, 0) is 50.1 Å². The van der Waals surface area contributed by atoms with E-state index in [1.165, 1.54) is 36.6 Å². The summed E-state index contributed by atoms with van der Waals surface area (Å²) in [6, 6.07) is 11.4. The molecule has 0 aromatic heterocycles. The number of rotatable bonds is 6. The molecule has 1 heterocycles. The zero-order chi connectivity index (χ0) is 19.2. The molecule has 1 fully saturated rings. The third-order valence-corrected chi connectivity index (χ3v) is 4.75. The van der Waals surface area contributed by atoms with E-state index in [9.17, 15) is 13.6 Å². The van der Waals surface area contributed by atoms with Gasteiger partial charge >= 0.3 is 0 Å². The molecule has 6 heteroatoms. The van der Waals surface area contributed by atoms with E-state index in [1.54, 1.807) is 0 Å². The summed E-state index contributed by atoms with van der Waals surface area (Å²) >= 11 is 0. The molecule has 1 aliphatic heterocycles. The first-order valence-corrected chi connectivity index (χ1v) is 9.29. The number of carbonyl (C=O) groups excluding carboxylic acids is 1. The van der Waals surface area contributed by atoms with E-state index in [0.717, 1.165) is 25.2 Å². The largest absolute Gasteiger partial charge is 0.371 e. The maximum Gasteiger partial charge on any atom is 0.238 e. The van der Waals surface area contributed by atoms with Gasteiger partial charge in [0.2, 0.25) is 5.91 Å². The molecule has 1 amide bonds. The molecule has 0 aliphatic carbocycles. The van der Waals surface area contributed by atoms with Gasteiger partial charge in [0.1, 0.15) is 11.6 Å². The van der Waals surface area contributed by atoms with Crippen LogP contribution in [0.25, 0.3) is 0 Å². The highest BCUT2D eigenvalue weighted by Gasteiger charge is 2.16. The van der Waals surface area contributed by atoms with Gasteiger partial charge in [-0.25, -0.2) is 8.78 Å². The van der Waals surface area contributed by atoms with Gasteiger partial charge in [-0.1, -0.05) is 18.2 Å². The SMILES string of the molecule is CN(CC(=O)Nc1ccc(F)cc1F)Cc1ccccc1N1CCCCC1. The summed E-state index contributed by atoms with van der Waals surface area (Å²) in [7, 11) is 1.85. The summed E-state index contributed by atoms with van der Waals surface area (Å²) in [5, 5.41) is 2.50. The van der Waals surface area contributed by atoms with Gasteiger partial charge in [0, 0.05) is 31.4 Å². The molecule has 0 saturated carbocycles. The summed E-state index contributed by atoms with van der Waals surface area (Å²) in [5.74, 6) is -1.78. The molecular weight excluding hydrogens is 348 g/mol. The molecule has 2 aromatic carbocycles. The van der Waals surface area contributed by atoms with Crippen molar-refractivity contribution in [3.63, 3.8) is 0 Å². The lowest BCUT2D eigenvalue weighted by Crippen LogP contribution is -2.33. The Kier molecular flexibility index (Phi) is 6.40. The summed E-state index contributed by atoms with van der Waals surface area (Å²) in [6.45, 7) is 2.85. The molecule has 27 heavy (non-hydrogen) atoms. The van der Waals surface area contributed by atoms with Crippen molar-refractivity contribution >= 4 is 17.3 Å². The highest BCUT2D eigenvalue weighted by Crippen LogP contribution is 2.25. The fourth-order valence-electron chi connectivity index (χ4n) is 3.46. The first-order valence-electron chi connectivity index (χ1n) is 9.29. The highest BCUT2D eigenvalue weighted by atomic mass is 19.1. The Morgan fingerprint density at radius 1 is 1.11 bits per heavy atom. The van der Waals surface area contributed by atoms with Crippen molar-refractivity contribution in [3.05, 3.63) is 59.7 Å². The van der Waals surface area contributed by atoms with E-state index in [4.69, 9.17) is 0 Å². The number of halogens is 2. The van der Waals surface area contributed by atoms with E-state index in [0.29, 0.717) is 6.54 Å². The number of para-hydroxylation sites is 1. The maximum absolute atomic E-state index is 13.7. The van der Waals surface area contributed by atoms with E-state index in [2.05, 4.69) is 22.3 Å². The Balaban J connectivity index is 1.60. The summed E-state index contributed by atoms with van der Waals surface area (Å²) in [5.41, 5.74) is 2.38. The van der Waals surface area contributed by atoms with Crippen molar-refractivity contribution in [1.82, 2.24) is 4.90 Å². The maximum atomic E-state index is 13.7. The van der Waals surface area contributed by atoms with Crippen LogP contribution < -0.4 is 10.2 Å². The van der Waals surface area contributed by atoms with Crippen LogP contribution in [0.2, 0.25) is 0 Å². The number of piperidine rings is 1. The van der Waals surface area contributed by atoms with Crippen molar-refractivity contribution in [2.45, 2.75) is 25.8 Å². The lowest BCUT2D eigenvalue weighted by molar-refractivity contribution is -0.117. The minimum absolute atomic E-state index is 0.0106. The number of nitrogens with zero attached hydrogens (tertiary/aromatic N) is 2. The van der Waals surface area contributed by atoms with Crippen LogP contribution in [0.15, 0.2) is 42.5 Å². The van der Waals surface area contributed by atoms with Crippen molar-refractivity contribution in [1.29, 1.82) is 0 Å². The summed E-state index contributed by atoms with van der Waals surface area (Å²) in [4.78, 5) is 16.5. The average Bonchev–Trinajstić information content (AvgIpc) is 2.65. The number of anilines is 2. The second-order valence-electron chi connectivity index (χ2n) is 7.02. The molecule has 0 bridgehead atoms. The van der Waals surface area contributed by atoms with Crippen LogP contribution in [0.5, 0.6) is 0 Å². The van der Waals surface area contributed by atoms with Gasteiger partial charge < -0.3 is 10.2 Å². The Hall–Kier alpha value is -2.47. The van der Waals surface area contributed by atoms with Gasteiger partial charge in [0.25, 0.3) is 0 Å². The molecule has 1 aliphatic rings. The van der Waals surface area contributed by atoms with Crippen LogP contribution in [0, 0.1) is 11.6 Å². The van der Waals surface area contributed by atoms with Crippen LogP contribution in [0.3, 0.4) is 0 Å². The molecule has 3 rings (SSSR count). The van der Waals surface area contributed by atoms with Crippen LogP contribution in [0.4, 0.5) is 20.2 Å². The molecule has 0 unspecified atom stereocenters. The number of likely N-dealkylation sites (N-methyl/N-ethyl adjacent to an activating group) is 1. The number of carbonyl (C=O) groups is 1. The second-order valence-corrected chi connectivity index (χ2v) is 7.02. The van der Waals surface area contributed by atoms with Crippen LogP contribution in [-0.4, -0.2) is 37.5 Å². The van der Waals surface area contributed by atoms with Gasteiger partial charge in [-0.2, -0.15) is 0 Å². The van der Waals surface area contributed by atoms with Crippen LogP contribution >= 0.6 is 0 Å². The number of amides is 1. The average molecular weight is 373 g/mol. The number of nitrogens with one attached hydrogen (secondary N) is 1. The molecule has 144 valence electrons. The first kappa shape index (κ1) is 19.3. The zero-order valence-corrected chi connectivity index (χ0v) is 15.5. The molecule has 0 atom stereocenters. The predicted molar refractivity (Wildman–Crippen MR) is 104 cm³/mol. The van der Waals surface area contributed by atoms with E-state index >= 15 is 0 Å². The molecule has 1 N–H and O–H groups in total. The predicted octanol–water partition coefficient (Wildman–Crippen LogP) is 4.03. The van der Waals surface area contributed by atoms with Gasteiger partial charge in [0.05, 0.1) is 12.2 Å². The molecule has 2 aromatic rings. The number of hydrogen-bond acceptors (Lipinski definition) is 3. The lowest BCUT2D eigenvalue weighted by atomic mass is 10.1. The van der Waals surface area contributed by atoms with Crippen molar-refractivity contribution < 1.29 is 13.6 Å². The van der Waals surface area contributed by atoms with E-state index in [-0.39, 0.29) is 18.1 Å². The van der Waals surface area contributed by atoms with Crippen LogP contribution in [-0.2, 0) is 11.3 Å². The van der Waals surface area contributed by atoms with Crippen molar-refractivity contribution in [2.75, 3.05) is 36.9 Å². The zero-order valence-electron chi connectivity index (χ0n) is 15.5. The molecular formula is C21H25F2N3O. The van der Waals surface area contributed by atoms with Crippen molar-refractivity contribution in [3.8, 4) is 0 Å². The highest BCUT2D eigenvalue weighted by molar-refractivity contribution is 5.92. The van der Waals surface area contributed by atoms with Crippen molar-refractivity contribution in [2.24, 2.45) is 0 Å². The molecule has 1 saturated heterocycles. The van der Waals surface area contributed by atoms with Gasteiger partial charge in [-0.15, -0.1) is 0 Å². The Morgan fingerprint density at radius 2 is 1.85 bits per heavy atom. The summed E-state index contributed by atoms with van der Waals surface area (Å²) < 4.78 is 26.6. The fraction of sp³-hybridized carbons (Fsp3) is 0.381. The topological polar surface area (TPSA) is 35.6 Å². The Labute approximate surface area is 158 Å². The third kappa shape index (κ3) is 5.26. The normalized spacial score (nSPS) is 14.4. The monoisotopic (exact) mass is 373 g/mol. The first-order chi connectivity index (χ1) is 13.0. The molecule has 4 nitrogen and oxygen atoms in total. The Morgan fingerprint density at radius 3 is 2.59 bits per heavy atom. The number of benzene rings is 2. The molecule has 0 radical (unpaired) electrons. The Bertz CT molecular complexity index is 791. The molecule has 0 spiro atoms. The van der Waals surface area contributed by atoms with E-state index in [1.807, 2.05) is 24.1 Å². The quantitative estimate of drug-likeness (QED) is 0.831.